The molecule has 2 aromatic carbocycles. The average molecular weight is 437 g/mol. The molecular formula is C24H28N4O4. The summed E-state index contributed by atoms with van der Waals surface area (Å²) in [5, 5.41) is 18.0. The third-order valence-electron chi connectivity index (χ3n) is 6.64. The third-order valence-corrected chi connectivity index (χ3v) is 6.64. The summed E-state index contributed by atoms with van der Waals surface area (Å²) in [5.74, 6) is 0.856. The van der Waals surface area contributed by atoms with Crippen LogP contribution in [0.15, 0.2) is 42.5 Å². The number of nitrogens with zero attached hydrogens (tertiary/aromatic N) is 1. The maximum absolute atomic E-state index is 12.9. The SMILES string of the molecule is O=C(Nc1ccc2c(c1)NC(=O)N(CCO)C2)N[C@@H]1CC2(CCCC2)Oc2ccccc21. The van der Waals surface area contributed by atoms with E-state index in [0.717, 1.165) is 49.0 Å². The van der Waals surface area contributed by atoms with Crippen molar-refractivity contribution in [1.29, 1.82) is 0 Å². The molecule has 4 N–H and O–H groups in total. The van der Waals surface area contributed by atoms with Crippen molar-refractivity contribution in [3.63, 3.8) is 0 Å². The number of carbonyl (C=O) groups is 2. The predicted molar refractivity (Wildman–Crippen MR) is 121 cm³/mol. The number of amides is 4. The second-order valence-corrected chi connectivity index (χ2v) is 8.83. The number of aliphatic hydroxyl groups is 1. The fraction of sp³-hybridized carbons (Fsp3) is 0.417. The fourth-order valence-corrected chi connectivity index (χ4v) is 5.08. The molecule has 1 spiro atoms. The van der Waals surface area contributed by atoms with Crippen LogP contribution in [0.5, 0.6) is 5.75 Å². The van der Waals surface area contributed by atoms with Crippen molar-refractivity contribution in [1.82, 2.24) is 10.2 Å². The van der Waals surface area contributed by atoms with Crippen LogP contribution in [0.1, 0.15) is 49.3 Å². The molecule has 0 radical (unpaired) electrons. The van der Waals surface area contributed by atoms with Crippen molar-refractivity contribution in [2.24, 2.45) is 0 Å². The van der Waals surface area contributed by atoms with Gasteiger partial charge in [0.1, 0.15) is 11.4 Å². The molecule has 4 amide bonds. The highest BCUT2D eigenvalue weighted by atomic mass is 16.5. The highest BCUT2D eigenvalue weighted by Gasteiger charge is 2.43. The molecule has 5 rings (SSSR count). The van der Waals surface area contributed by atoms with E-state index in [2.05, 4.69) is 16.0 Å². The van der Waals surface area contributed by atoms with Gasteiger partial charge in [-0.25, -0.2) is 9.59 Å². The molecule has 8 heteroatoms. The molecule has 3 aliphatic rings. The Morgan fingerprint density at radius 2 is 2.03 bits per heavy atom. The summed E-state index contributed by atoms with van der Waals surface area (Å²) in [6.07, 6.45) is 5.09. The summed E-state index contributed by atoms with van der Waals surface area (Å²) < 4.78 is 6.38. The Morgan fingerprint density at radius 1 is 1.22 bits per heavy atom. The summed E-state index contributed by atoms with van der Waals surface area (Å²) in [6.45, 7) is 0.621. The minimum atomic E-state index is -0.288. The largest absolute Gasteiger partial charge is 0.487 e. The Balaban J connectivity index is 1.29. The molecule has 1 atom stereocenters. The van der Waals surface area contributed by atoms with Gasteiger partial charge in [-0.05, 0) is 49.4 Å². The molecule has 0 unspecified atom stereocenters. The van der Waals surface area contributed by atoms with Gasteiger partial charge < -0.3 is 30.7 Å². The lowest BCUT2D eigenvalue weighted by Gasteiger charge is -2.40. The first-order valence-corrected chi connectivity index (χ1v) is 11.2. The number of fused-ring (bicyclic) bond motifs is 2. The topological polar surface area (TPSA) is 103 Å². The van der Waals surface area contributed by atoms with Crippen LogP contribution >= 0.6 is 0 Å². The summed E-state index contributed by atoms with van der Waals surface area (Å²) in [6, 6.07) is 12.7. The van der Waals surface area contributed by atoms with E-state index in [1.54, 1.807) is 11.0 Å². The zero-order valence-electron chi connectivity index (χ0n) is 17.9. The number of hydrogen-bond acceptors (Lipinski definition) is 4. The Kier molecular flexibility index (Phi) is 5.38. The minimum Gasteiger partial charge on any atom is -0.487 e. The number of benzene rings is 2. The van der Waals surface area contributed by atoms with Gasteiger partial charge in [-0.1, -0.05) is 24.3 Å². The number of hydrogen-bond donors (Lipinski definition) is 4. The number of rotatable bonds is 4. The Bertz CT molecular complexity index is 1030. The Labute approximate surface area is 186 Å². The summed E-state index contributed by atoms with van der Waals surface area (Å²) in [7, 11) is 0. The summed E-state index contributed by atoms with van der Waals surface area (Å²) in [4.78, 5) is 26.6. The van der Waals surface area contributed by atoms with E-state index in [-0.39, 0.29) is 36.9 Å². The highest BCUT2D eigenvalue weighted by Crippen LogP contribution is 2.47. The van der Waals surface area contributed by atoms with Crippen LogP contribution in [0.25, 0.3) is 0 Å². The van der Waals surface area contributed by atoms with E-state index in [1.165, 1.54) is 0 Å². The number of nitrogens with one attached hydrogen (secondary N) is 3. The molecule has 2 heterocycles. The molecule has 0 aromatic heterocycles. The van der Waals surface area contributed by atoms with E-state index in [0.29, 0.717) is 17.9 Å². The van der Waals surface area contributed by atoms with Crippen molar-refractivity contribution in [2.75, 3.05) is 23.8 Å². The van der Waals surface area contributed by atoms with Crippen molar-refractivity contribution in [3.8, 4) is 5.75 Å². The van der Waals surface area contributed by atoms with Crippen molar-refractivity contribution in [3.05, 3.63) is 53.6 Å². The van der Waals surface area contributed by atoms with Crippen LogP contribution in [0, 0.1) is 0 Å². The first-order valence-electron chi connectivity index (χ1n) is 11.2. The second-order valence-electron chi connectivity index (χ2n) is 8.83. The molecule has 32 heavy (non-hydrogen) atoms. The molecule has 168 valence electrons. The van der Waals surface area contributed by atoms with Crippen LogP contribution in [-0.2, 0) is 6.54 Å². The first kappa shape index (κ1) is 20.6. The highest BCUT2D eigenvalue weighted by molar-refractivity contribution is 5.95. The maximum Gasteiger partial charge on any atom is 0.322 e. The monoisotopic (exact) mass is 436 g/mol. The molecular weight excluding hydrogens is 408 g/mol. The van der Waals surface area contributed by atoms with Gasteiger partial charge in [0, 0.05) is 36.4 Å². The first-order chi connectivity index (χ1) is 15.5. The van der Waals surface area contributed by atoms with Crippen LogP contribution in [0.4, 0.5) is 21.0 Å². The van der Waals surface area contributed by atoms with Gasteiger partial charge in [0.15, 0.2) is 0 Å². The van der Waals surface area contributed by atoms with Gasteiger partial charge in [0.2, 0.25) is 0 Å². The number of anilines is 2. The quantitative estimate of drug-likeness (QED) is 0.582. The van der Waals surface area contributed by atoms with Crippen molar-refractivity contribution >= 4 is 23.4 Å². The molecule has 0 saturated heterocycles. The van der Waals surface area contributed by atoms with E-state index < -0.39 is 0 Å². The molecule has 2 aliphatic heterocycles. The fourth-order valence-electron chi connectivity index (χ4n) is 5.08. The van der Waals surface area contributed by atoms with E-state index in [4.69, 9.17) is 9.84 Å². The van der Waals surface area contributed by atoms with Crippen LogP contribution in [-0.4, -0.2) is 40.8 Å². The molecule has 1 aliphatic carbocycles. The predicted octanol–water partition coefficient (Wildman–Crippen LogP) is 3.98. The van der Waals surface area contributed by atoms with Gasteiger partial charge in [-0.15, -0.1) is 0 Å². The summed E-state index contributed by atoms with van der Waals surface area (Å²) in [5.41, 5.74) is 3.02. The van der Waals surface area contributed by atoms with Crippen molar-refractivity contribution in [2.45, 2.75) is 50.3 Å². The lowest BCUT2D eigenvalue weighted by molar-refractivity contribution is 0.0388. The van der Waals surface area contributed by atoms with Gasteiger partial charge >= 0.3 is 12.1 Å². The van der Waals surface area contributed by atoms with Crippen LogP contribution in [0.2, 0.25) is 0 Å². The molecule has 1 fully saturated rings. The molecule has 8 nitrogen and oxygen atoms in total. The van der Waals surface area contributed by atoms with Crippen molar-refractivity contribution < 1.29 is 19.4 Å². The molecule has 1 saturated carbocycles. The number of β-amino-alcohol motifs (C(OH)–C–C–N with tert-alkyl or cyclic N) is 1. The zero-order chi connectivity index (χ0) is 22.1. The lowest BCUT2D eigenvalue weighted by atomic mass is 9.86. The van der Waals surface area contributed by atoms with E-state index >= 15 is 0 Å². The van der Waals surface area contributed by atoms with Gasteiger partial charge in [-0.3, -0.25) is 0 Å². The van der Waals surface area contributed by atoms with Crippen LogP contribution in [0.3, 0.4) is 0 Å². The number of urea groups is 2. The van der Waals surface area contributed by atoms with Crippen LogP contribution < -0.4 is 20.7 Å². The molecule has 2 aromatic rings. The third kappa shape index (κ3) is 3.98. The van der Waals surface area contributed by atoms with Gasteiger partial charge in [0.05, 0.1) is 12.6 Å². The average Bonchev–Trinajstić information content (AvgIpc) is 3.21. The number of ether oxygens (including phenoxy) is 1. The van der Waals surface area contributed by atoms with E-state index in [9.17, 15) is 9.59 Å². The Morgan fingerprint density at radius 3 is 2.84 bits per heavy atom. The zero-order valence-corrected chi connectivity index (χ0v) is 17.9. The minimum absolute atomic E-state index is 0.0841. The van der Waals surface area contributed by atoms with Gasteiger partial charge in [-0.2, -0.15) is 0 Å². The molecule has 0 bridgehead atoms. The maximum atomic E-state index is 12.9. The van der Waals surface area contributed by atoms with Gasteiger partial charge in [0.25, 0.3) is 0 Å². The summed E-state index contributed by atoms with van der Waals surface area (Å²) >= 11 is 0. The smallest absolute Gasteiger partial charge is 0.322 e. The lowest BCUT2D eigenvalue weighted by Crippen LogP contribution is -2.44. The standard InChI is InChI=1S/C24H28N4O4/c29-12-11-28-15-16-7-8-17(13-19(16)27-23(28)31)25-22(30)26-20-14-24(9-3-4-10-24)32-21-6-2-1-5-18(20)21/h1-2,5-8,13,20,29H,3-4,9-12,14-15H2,(H,27,31)(H2,25,26,30)/t20-/m1/s1. The van der Waals surface area contributed by atoms with E-state index in [1.807, 2.05) is 36.4 Å². The number of carbonyl (C=O) groups excluding carboxylic acids is 2. The number of para-hydroxylation sites is 1. The second kappa shape index (κ2) is 8.35. The normalized spacial score (nSPS) is 20.7. The number of aliphatic hydroxyl groups excluding tert-OH is 1. The Hall–Kier alpha value is -3.26.